The maximum Gasteiger partial charge on any atom is 0.338 e. The van der Waals surface area contributed by atoms with Gasteiger partial charge in [0.05, 0.1) is 12.2 Å². The second-order valence-electron chi connectivity index (χ2n) is 5.88. The minimum Gasteiger partial charge on any atom is -0.486 e. The summed E-state index contributed by atoms with van der Waals surface area (Å²) in [5, 5.41) is 2.80. The molecule has 136 valence electrons. The Morgan fingerprint density at radius 3 is 2.42 bits per heavy atom. The van der Waals surface area contributed by atoms with Gasteiger partial charge in [-0.25, -0.2) is 4.79 Å². The molecule has 0 unspecified atom stereocenters. The Balaban J connectivity index is 1.62. The fourth-order valence-electron chi connectivity index (χ4n) is 2.47. The van der Waals surface area contributed by atoms with Crippen molar-refractivity contribution in [3.05, 3.63) is 53.6 Å². The summed E-state index contributed by atoms with van der Waals surface area (Å²) in [7, 11) is 0. The van der Waals surface area contributed by atoms with Crippen molar-refractivity contribution < 1.29 is 23.8 Å². The van der Waals surface area contributed by atoms with Crippen LogP contribution in [0, 0.1) is 0 Å². The molecule has 2 aromatic carbocycles. The Labute approximate surface area is 152 Å². The number of fused-ring (bicyclic) bond motifs is 1. The SMILES string of the molecule is CCCCOC(=O)c1ccc(NC(=O)c2ccc3c(c2)OCCO3)cc1. The Morgan fingerprint density at radius 1 is 1.00 bits per heavy atom. The van der Waals surface area contributed by atoms with E-state index in [1.54, 1.807) is 42.5 Å². The van der Waals surface area contributed by atoms with Crippen molar-refractivity contribution in [3.63, 3.8) is 0 Å². The van der Waals surface area contributed by atoms with Gasteiger partial charge in [-0.2, -0.15) is 0 Å². The number of hydrogen-bond acceptors (Lipinski definition) is 5. The van der Waals surface area contributed by atoms with Crippen LogP contribution in [0.1, 0.15) is 40.5 Å². The summed E-state index contributed by atoms with van der Waals surface area (Å²) in [5.74, 6) is 0.580. The van der Waals surface area contributed by atoms with E-state index in [0.717, 1.165) is 12.8 Å². The number of hydrogen-bond donors (Lipinski definition) is 1. The van der Waals surface area contributed by atoms with E-state index in [1.165, 1.54) is 0 Å². The van der Waals surface area contributed by atoms with Crippen LogP contribution in [0.5, 0.6) is 11.5 Å². The first-order valence-corrected chi connectivity index (χ1v) is 8.65. The third kappa shape index (κ3) is 4.33. The summed E-state index contributed by atoms with van der Waals surface area (Å²) in [6.45, 7) is 3.42. The molecule has 0 bridgehead atoms. The molecule has 1 heterocycles. The van der Waals surface area contributed by atoms with Gasteiger partial charge in [0.2, 0.25) is 0 Å². The van der Waals surface area contributed by atoms with Gasteiger partial charge in [-0.05, 0) is 48.9 Å². The molecule has 6 heteroatoms. The Morgan fingerprint density at radius 2 is 1.69 bits per heavy atom. The van der Waals surface area contributed by atoms with E-state index in [4.69, 9.17) is 14.2 Å². The van der Waals surface area contributed by atoms with Crippen LogP contribution < -0.4 is 14.8 Å². The largest absolute Gasteiger partial charge is 0.486 e. The molecular weight excluding hydrogens is 334 g/mol. The number of carbonyl (C=O) groups excluding carboxylic acids is 2. The molecule has 0 saturated carbocycles. The van der Waals surface area contributed by atoms with Crippen LogP contribution in [0.15, 0.2) is 42.5 Å². The zero-order valence-electron chi connectivity index (χ0n) is 14.6. The van der Waals surface area contributed by atoms with Crippen molar-refractivity contribution in [1.29, 1.82) is 0 Å². The lowest BCUT2D eigenvalue weighted by atomic mass is 10.1. The highest BCUT2D eigenvalue weighted by atomic mass is 16.6. The third-order valence-electron chi connectivity index (χ3n) is 3.91. The van der Waals surface area contributed by atoms with Gasteiger partial charge < -0.3 is 19.5 Å². The number of esters is 1. The van der Waals surface area contributed by atoms with E-state index in [1.807, 2.05) is 6.92 Å². The van der Waals surface area contributed by atoms with Gasteiger partial charge in [-0.1, -0.05) is 13.3 Å². The molecule has 1 N–H and O–H groups in total. The lowest BCUT2D eigenvalue weighted by Crippen LogP contribution is -2.17. The topological polar surface area (TPSA) is 73.9 Å². The molecule has 1 aliphatic heterocycles. The smallest absolute Gasteiger partial charge is 0.338 e. The molecule has 0 saturated heterocycles. The molecule has 0 aromatic heterocycles. The molecule has 3 rings (SSSR count). The van der Waals surface area contributed by atoms with Crippen molar-refractivity contribution in [2.24, 2.45) is 0 Å². The van der Waals surface area contributed by atoms with Gasteiger partial charge in [0.25, 0.3) is 5.91 Å². The van der Waals surface area contributed by atoms with Crippen molar-refractivity contribution in [3.8, 4) is 11.5 Å². The molecule has 0 atom stereocenters. The second kappa shape index (κ2) is 8.38. The molecule has 1 aliphatic rings. The number of carbonyl (C=O) groups is 2. The van der Waals surface area contributed by atoms with E-state index in [0.29, 0.717) is 48.1 Å². The summed E-state index contributed by atoms with van der Waals surface area (Å²) < 4.78 is 16.1. The molecule has 26 heavy (non-hydrogen) atoms. The molecule has 0 spiro atoms. The molecule has 0 fully saturated rings. The van der Waals surface area contributed by atoms with Crippen molar-refractivity contribution >= 4 is 17.6 Å². The maximum atomic E-state index is 12.4. The first kappa shape index (κ1) is 17.8. The number of anilines is 1. The van der Waals surface area contributed by atoms with E-state index >= 15 is 0 Å². The highest BCUT2D eigenvalue weighted by Crippen LogP contribution is 2.31. The van der Waals surface area contributed by atoms with Crippen molar-refractivity contribution in [2.45, 2.75) is 19.8 Å². The van der Waals surface area contributed by atoms with E-state index in [-0.39, 0.29) is 11.9 Å². The summed E-state index contributed by atoms with van der Waals surface area (Å²) in [6, 6.07) is 11.7. The first-order chi connectivity index (χ1) is 12.7. The minimum atomic E-state index is -0.358. The first-order valence-electron chi connectivity index (χ1n) is 8.65. The minimum absolute atomic E-state index is 0.264. The molecule has 1 amide bonds. The fourth-order valence-corrected chi connectivity index (χ4v) is 2.47. The summed E-state index contributed by atoms with van der Waals surface area (Å²) in [5.41, 5.74) is 1.52. The van der Waals surface area contributed by atoms with E-state index in [2.05, 4.69) is 5.32 Å². The standard InChI is InChI=1S/C20H21NO5/c1-2-3-10-26-20(23)14-4-7-16(8-5-14)21-19(22)15-6-9-17-18(13-15)25-12-11-24-17/h4-9,13H,2-3,10-12H2,1H3,(H,21,22). The van der Waals surface area contributed by atoms with Crippen LogP contribution in [0.2, 0.25) is 0 Å². The van der Waals surface area contributed by atoms with Crippen LogP contribution in [0.25, 0.3) is 0 Å². The van der Waals surface area contributed by atoms with Crippen molar-refractivity contribution in [2.75, 3.05) is 25.1 Å². The highest BCUT2D eigenvalue weighted by molar-refractivity contribution is 6.04. The highest BCUT2D eigenvalue weighted by Gasteiger charge is 2.15. The average molecular weight is 355 g/mol. The summed E-state index contributed by atoms with van der Waals surface area (Å²) >= 11 is 0. The number of nitrogens with one attached hydrogen (secondary N) is 1. The third-order valence-corrected chi connectivity index (χ3v) is 3.91. The number of benzene rings is 2. The van der Waals surface area contributed by atoms with Gasteiger partial charge in [-0.3, -0.25) is 4.79 Å². The molecule has 2 aromatic rings. The lowest BCUT2D eigenvalue weighted by molar-refractivity contribution is 0.0499. The van der Waals surface area contributed by atoms with Gasteiger partial charge in [-0.15, -0.1) is 0 Å². The molecule has 0 aliphatic carbocycles. The zero-order chi connectivity index (χ0) is 18.4. The zero-order valence-corrected chi connectivity index (χ0v) is 14.6. The summed E-state index contributed by atoms with van der Waals surface area (Å²) in [4.78, 5) is 24.3. The number of amides is 1. The van der Waals surface area contributed by atoms with Crippen LogP contribution in [0.3, 0.4) is 0 Å². The van der Waals surface area contributed by atoms with Crippen LogP contribution in [-0.4, -0.2) is 31.7 Å². The predicted molar refractivity (Wildman–Crippen MR) is 97.0 cm³/mol. The van der Waals surface area contributed by atoms with Crippen LogP contribution in [-0.2, 0) is 4.74 Å². The van der Waals surface area contributed by atoms with Gasteiger partial charge in [0.15, 0.2) is 11.5 Å². The Hall–Kier alpha value is -3.02. The Bertz CT molecular complexity index is 785. The Kier molecular flexibility index (Phi) is 5.73. The van der Waals surface area contributed by atoms with Crippen LogP contribution >= 0.6 is 0 Å². The van der Waals surface area contributed by atoms with Gasteiger partial charge in [0.1, 0.15) is 13.2 Å². The number of ether oxygens (including phenoxy) is 3. The molecule has 0 radical (unpaired) electrons. The average Bonchev–Trinajstić information content (AvgIpc) is 2.68. The fraction of sp³-hybridized carbons (Fsp3) is 0.300. The normalized spacial score (nSPS) is 12.3. The van der Waals surface area contributed by atoms with E-state index in [9.17, 15) is 9.59 Å². The molecule has 6 nitrogen and oxygen atoms in total. The quantitative estimate of drug-likeness (QED) is 0.632. The van der Waals surface area contributed by atoms with Gasteiger partial charge >= 0.3 is 5.97 Å². The summed E-state index contributed by atoms with van der Waals surface area (Å²) in [6.07, 6.45) is 1.81. The maximum absolute atomic E-state index is 12.4. The molecular formula is C20H21NO5. The predicted octanol–water partition coefficient (Wildman–Crippen LogP) is 3.67. The second-order valence-corrected chi connectivity index (χ2v) is 5.88. The van der Waals surface area contributed by atoms with Crippen molar-refractivity contribution in [1.82, 2.24) is 0 Å². The number of rotatable bonds is 6. The van der Waals surface area contributed by atoms with Gasteiger partial charge in [0, 0.05) is 11.3 Å². The lowest BCUT2D eigenvalue weighted by Gasteiger charge is -2.18. The number of unbranched alkanes of at least 4 members (excludes halogenated alkanes) is 1. The van der Waals surface area contributed by atoms with E-state index < -0.39 is 0 Å². The van der Waals surface area contributed by atoms with Crippen LogP contribution in [0.4, 0.5) is 5.69 Å². The monoisotopic (exact) mass is 355 g/mol.